The van der Waals surface area contributed by atoms with E-state index in [1.807, 2.05) is 6.92 Å². The van der Waals surface area contributed by atoms with E-state index in [2.05, 4.69) is 15.6 Å². The Hall–Kier alpha value is -4.90. The highest BCUT2D eigenvalue weighted by Gasteiger charge is 2.56. The van der Waals surface area contributed by atoms with Gasteiger partial charge >= 0.3 is 5.97 Å². The molecule has 1 aromatic heterocycles. The fraction of sp³-hybridized carbons (Fsp3) is 0.294. The molecular weight excluding hydrogens is 617 g/mol. The Morgan fingerprint density at radius 3 is 2.41 bits per heavy atom. The molecule has 1 unspecified atom stereocenters. The minimum atomic E-state index is -1.26. The van der Waals surface area contributed by atoms with Crippen LogP contribution in [0.3, 0.4) is 0 Å². The number of nitrogens with zero attached hydrogens (tertiary/aromatic N) is 1. The number of carboxylic acids is 1. The average molecular weight is 650 g/mol. The van der Waals surface area contributed by atoms with Crippen molar-refractivity contribution in [2.45, 2.75) is 51.6 Å². The normalized spacial score (nSPS) is 13.8. The van der Waals surface area contributed by atoms with Crippen LogP contribution in [0.2, 0.25) is 5.02 Å². The van der Waals surface area contributed by atoms with Crippen LogP contribution in [-0.4, -0.2) is 41.1 Å². The van der Waals surface area contributed by atoms with E-state index in [0.717, 1.165) is 0 Å². The lowest BCUT2D eigenvalue weighted by Crippen LogP contribution is -2.35. The number of carbonyl (C=O) groups excluding carboxylic acids is 2. The number of nitrogens with one attached hydrogen (secondary N) is 2. The van der Waals surface area contributed by atoms with E-state index in [1.54, 1.807) is 42.6 Å². The number of halogens is 2. The summed E-state index contributed by atoms with van der Waals surface area (Å²) in [5.74, 6) is -0.664. The first-order valence-corrected chi connectivity index (χ1v) is 15.2. The molecule has 0 aliphatic heterocycles. The van der Waals surface area contributed by atoms with Gasteiger partial charge in [0.15, 0.2) is 11.5 Å². The van der Waals surface area contributed by atoms with Crippen LogP contribution < -0.4 is 24.8 Å². The molecule has 2 amide bonds. The van der Waals surface area contributed by atoms with E-state index >= 15 is 0 Å². The number of methoxy groups -OCH3 is 1. The molecule has 4 aromatic rings. The molecule has 46 heavy (non-hydrogen) atoms. The zero-order valence-electron chi connectivity index (χ0n) is 25.3. The second-order valence-electron chi connectivity index (χ2n) is 11.0. The molecular formula is C34H33ClFN3O7. The molecule has 1 fully saturated rings. The van der Waals surface area contributed by atoms with Crippen LogP contribution in [0.15, 0.2) is 66.9 Å². The van der Waals surface area contributed by atoms with Crippen LogP contribution in [0, 0.1) is 11.2 Å². The van der Waals surface area contributed by atoms with Crippen molar-refractivity contribution in [1.82, 2.24) is 4.98 Å². The van der Waals surface area contributed by atoms with E-state index < -0.39 is 29.0 Å². The van der Waals surface area contributed by atoms with E-state index in [-0.39, 0.29) is 29.0 Å². The lowest BCUT2D eigenvalue weighted by molar-refractivity contribution is -0.137. The van der Waals surface area contributed by atoms with Gasteiger partial charge < -0.3 is 30.0 Å². The first kappa shape index (κ1) is 32.5. The Morgan fingerprint density at radius 1 is 1.00 bits per heavy atom. The van der Waals surface area contributed by atoms with Gasteiger partial charge in [0.1, 0.15) is 27.8 Å². The van der Waals surface area contributed by atoms with Gasteiger partial charge in [-0.05, 0) is 80.6 Å². The first-order chi connectivity index (χ1) is 22.1. The van der Waals surface area contributed by atoms with Gasteiger partial charge in [-0.3, -0.25) is 19.4 Å². The van der Waals surface area contributed by atoms with Crippen LogP contribution in [-0.2, 0) is 14.4 Å². The predicted molar refractivity (Wildman–Crippen MR) is 171 cm³/mol. The second-order valence-corrected chi connectivity index (χ2v) is 11.4. The molecule has 0 radical (unpaired) electrons. The zero-order valence-corrected chi connectivity index (χ0v) is 26.0. The number of carbonyl (C=O) groups is 3. The average Bonchev–Trinajstić information content (AvgIpc) is 3.86. The Bertz CT molecular complexity index is 1760. The van der Waals surface area contributed by atoms with Crippen LogP contribution in [0.5, 0.6) is 23.0 Å². The molecule has 1 heterocycles. The number of aliphatic carboxylic acids is 1. The van der Waals surface area contributed by atoms with E-state index in [0.29, 0.717) is 65.9 Å². The number of rotatable bonds is 14. The Labute approximate surface area is 269 Å². The van der Waals surface area contributed by atoms with E-state index in [1.165, 1.54) is 31.4 Å². The molecule has 3 N–H and O–H groups in total. The number of aromatic nitrogens is 1. The molecule has 1 atom stereocenters. The number of pyridine rings is 1. The van der Waals surface area contributed by atoms with Crippen molar-refractivity contribution in [2.24, 2.45) is 5.41 Å². The van der Waals surface area contributed by atoms with Crippen LogP contribution >= 0.6 is 11.6 Å². The lowest BCUT2D eigenvalue weighted by atomic mass is 10.0. The molecule has 240 valence electrons. The third kappa shape index (κ3) is 7.31. The van der Waals surface area contributed by atoms with Crippen molar-refractivity contribution in [3.63, 3.8) is 0 Å². The quantitative estimate of drug-likeness (QED) is 0.119. The summed E-state index contributed by atoms with van der Waals surface area (Å²) < 4.78 is 31.3. The molecule has 5 rings (SSSR count). The van der Waals surface area contributed by atoms with Gasteiger partial charge in [-0.15, -0.1) is 0 Å². The van der Waals surface area contributed by atoms with Crippen molar-refractivity contribution < 1.29 is 38.1 Å². The van der Waals surface area contributed by atoms with Gasteiger partial charge in [0, 0.05) is 29.8 Å². The molecule has 0 spiro atoms. The zero-order chi connectivity index (χ0) is 32.8. The molecule has 10 nitrogen and oxygen atoms in total. The van der Waals surface area contributed by atoms with Gasteiger partial charge in [-0.25, -0.2) is 4.39 Å². The fourth-order valence-corrected chi connectivity index (χ4v) is 5.20. The summed E-state index contributed by atoms with van der Waals surface area (Å²) in [6, 6.07) is 15.4. The molecule has 1 saturated carbocycles. The highest BCUT2D eigenvalue weighted by atomic mass is 35.5. The maximum absolute atomic E-state index is 13.3. The van der Waals surface area contributed by atoms with Crippen molar-refractivity contribution in [2.75, 3.05) is 17.7 Å². The number of amides is 2. The maximum Gasteiger partial charge on any atom is 0.303 e. The summed E-state index contributed by atoms with van der Waals surface area (Å²) in [6.07, 6.45) is 3.91. The summed E-state index contributed by atoms with van der Waals surface area (Å²) in [5, 5.41) is 15.2. The first-order valence-electron chi connectivity index (χ1n) is 14.8. The highest BCUT2D eigenvalue weighted by molar-refractivity contribution is 6.35. The van der Waals surface area contributed by atoms with Gasteiger partial charge in [0.25, 0.3) is 0 Å². The SMILES string of the molecule is CCC(CCCC(=O)O)Oc1cc2nccc(Oc3cccc(NC(=O)C4(C(=O)Nc5ccc(F)cc5)CC4)c3Cl)c2cc1OC. The summed E-state index contributed by atoms with van der Waals surface area (Å²) in [6.45, 7) is 1.97. The highest BCUT2D eigenvalue weighted by Crippen LogP contribution is 2.48. The third-order valence-corrected chi connectivity index (χ3v) is 8.20. The number of benzene rings is 3. The van der Waals surface area contributed by atoms with E-state index in [9.17, 15) is 18.8 Å². The minimum Gasteiger partial charge on any atom is -0.493 e. The van der Waals surface area contributed by atoms with Gasteiger partial charge in [-0.2, -0.15) is 0 Å². The number of ether oxygens (including phenoxy) is 3. The van der Waals surface area contributed by atoms with Crippen LogP contribution in [0.1, 0.15) is 45.4 Å². The fourth-order valence-electron chi connectivity index (χ4n) is 4.99. The second kappa shape index (κ2) is 14.0. The molecule has 0 bridgehead atoms. The standard InChI is InChI=1S/C34H33ClFN3O7/c1-3-22(6-4-9-30(40)41)45-29-19-25-23(18-28(29)44-2)26(14-17-37-25)46-27-8-5-7-24(31(27)35)39-33(43)34(15-16-34)32(42)38-21-12-10-20(36)11-13-21/h5,7-8,10-14,17-19,22H,3-4,6,9,15-16H2,1-2H3,(H,38,42)(H,39,43)(H,40,41). The lowest BCUT2D eigenvalue weighted by Gasteiger charge is -2.20. The number of hydrogen-bond donors (Lipinski definition) is 3. The van der Waals surface area contributed by atoms with Crippen molar-refractivity contribution in [3.05, 3.63) is 77.7 Å². The topological polar surface area (TPSA) is 136 Å². The van der Waals surface area contributed by atoms with E-state index in [4.69, 9.17) is 30.9 Å². The maximum atomic E-state index is 13.3. The Kier molecular flexibility index (Phi) is 9.91. The van der Waals surface area contributed by atoms with Crippen LogP contribution in [0.4, 0.5) is 15.8 Å². The van der Waals surface area contributed by atoms with Crippen molar-refractivity contribution >= 4 is 51.7 Å². The summed E-state index contributed by atoms with van der Waals surface area (Å²) in [7, 11) is 1.52. The van der Waals surface area contributed by atoms with Crippen LogP contribution in [0.25, 0.3) is 10.9 Å². The van der Waals surface area contributed by atoms with Gasteiger partial charge in [0.2, 0.25) is 11.8 Å². The largest absolute Gasteiger partial charge is 0.493 e. The smallest absolute Gasteiger partial charge is 0.303 e. The van der Waals surface area contributed by atoms with Gasteiger partial charge in [0.05, 0.1) is 24.4 Å². The number of carboxylic acid groups (broad SMARTS) is 1. The summed E-state index contributed by atoms with van der Waals surface area (Å²) in [5.41, 5.74) is -0.0406. The molecule has 1 aliphatic rings. The number of hydrogen-bond acceptors (Lipinski definition) is 7. The predicted octanol–water partition coefficient (Wildman–Crippen LogP) is 7.60. The molecule has 3 aromatic carbocycles. The number of anilines is 2. The van der Waals surface area contributed by atoms with Crippen molar-refractivity contribution in [1.29, 1.82) is 0 Å². The third-order valence-electron chi connectivity index (χ3n) is 7.81. The molecule has 0 saturated heterocycles. The summed E-state index contributed by atoms with van der Waals surface area (Å²) >= 11 is 6.69. The molecule has 12 heteroatoms. The van der Waals surface area contributed by atoms with Gasteiger partial charge in [-0.1, -0.05) is 24.6 Å². The molecule has 1 aliphatic carbocycles. The summed E-state index contributed by atoms with van der Waals surface area (Å²) in [4.78, 5) is 41.6. The number of fused-ring (bicyclic) bond motifs is 1. The Morgan fingerprint density at radius 2 is 1.74 bits per heavy atom. The Balaban J connectivity index is 1.32. The monoisotopic (exact) mass is 649 g/mol. The van der Waals surface area contributed by atoms with Crippen molar-refractivity contribution in [3.8, 4) is 23.0 Å². The minimum absolute atomic E-state index is 0.0676.